The third-order valence-electron chi connectivity index (χ3n) is 3.13. The maximum absolute atomic E-state index is 10.2. The van der Waals surface area contributed by atoms with Crippen LogP contribution >= 0.6 is 0 Å². The summed E-state index contributed by atoms with van der Waals surface area (Å²) in [7, 11) is 0. The lowest BCUT2D eigenvalue weighted by Gasteiger charge is -2.41. The number of benzene rings is 1. The van der Waals surface area contributed by atoms with E-state index < -0.39 is 17.7 Å². The Bertz CT molecular complexity index is 417. The van der Waals surface area contributed by atoms with Gasteiger partial charge < -0.3 is 20.3 Å². The molecule has 1 aliphatic rings. The minimum atomic E-state index is -0.728. The van der Waals surface area contributed by atoms with Gasteiger partial charge in [-0.25, -0.2) is 0 Å². The number of ether oxygens (including phenoxy) is 2. The summed E-state index contributed by atoms with van der Waals surface area (Å²) in [6, 6.07) is 4.99. The lowest BCUT2D eigenvalue weighted by Crippen LogP contribution is -2.53. The first-order chi connectivity index (χ1) is 7.95. The zero-order valence-electron chi connectivity index (χ0n) is 10.4. The highest BCUT2D eigenvalue weighted by Gasteiger charge is 2.40. The zero-order valence-corrected chi connectivity index (χ0v) is 10.4. The van der Waals surface area contributed by atoms with Crippen molar-refractivity contribution in [3.63, 3.8) is 0 Å². The van der Waals surface area contributed by atoms with Crippen molar-refractivity contribution in [1.82, 2.24) is 0 Å². The Balaban J connectivity index is 2.39. The molecule has 1 aliphatic heterocycles. The van der Waals surface area contributed by atoms with Crippen LogP contribution in [0.4, 0.5) is 0 Å². The van der Waals surface area contributed by atoms with Crippen LogP contribution in [0.3, 0.4) is 0 Å². The fourth-order valence-electron chi connectivity index (χ4n) is 2.03. The molecule has 4 heteroatoms. The van der Waals surface area contributed by atoms with Crippen LogP contribution in [0.15, 0.2) is 18.2 Å². The molecule has 1 heterocycles. The van der Waals surface area contributed by atoms with Gasteiger partial charge in [0.25, 0.3) is 0 Å². The monoisotopic (exact) mass is 237 g/mol. The highest BCUT2D eigenvalue weighted by molar-refractivity contribution is 5.44. The number of aliphatic hydroxyl groups is 1. The van der Waals surface area contributed by atoms with Crippen LogP contribution in [0.2, 0.25) is 0 Å². The predicted octanol–water partition coefficient (Wildman–Crippen LogP) is 1.62. The molecule has 0 bridgehead atoms. The van der Waals surface area contributed by atoms with Crippen molar-refractivity contribution < 1.29 is 14.6 Å². The summed E-state index contributed by atoms with van der Waals surface area (Å²) in [5.74, 6) is 1.40. The minimum absolute atomic E-state index is 0.452. The number of nitrogens with two attached hydrogens (primary N) is 1. The van der Waals surface area contributed by atoms with Gasteiger partial charge in [0, 0.05) is 5.56 Å². The molecule has 0 saturated heterocycles. The molecule has 3 N–H and O–H groups in total. The Kier molecular flexibility index (Phi) is 3.02. The van der Waals surface area contributed by atoms with E-state index in [1.807, 2.05) is 32.9 Å². The van der Waals surface area contributed by atoms with Gasteiger partial charge in [0.15, 0.2) is 0 Å². The van der Waals surface area contributed by atoms with Gasteiger partial charge in [-0.1, -0.05) is 0 Å². The van der Waals surface area contributed by atoms with Crippen LogP contribution in [0, 0.1) is 0 Å². The van der Waals surface area contributed by atoms with E-state index in [0.29, 0.717) is 17.9 Å². The van der Waals surface area contributed by atoms with Gasteiger partial charge in [0.05, 0.1) is 12.6 Å². The summed E-state index contributed by atoms with van der Waals surface area (Å²) in [5.41, 5.74) is 6.11. The Morgan fingerprint density at radius 1 is 1.47 bits per heavy atom. The maximum Gasteiger partial charge on any atom is 0.126 e. The van der Waals surface area contributed by atoms with Crippen molar-refractivity contribution in [2.75, 3.05) is 6.61 Å². The van der Waals surface area contributed by atoms with Crippen LogP contribution in [0.5, 0.6) is 11.5 Å². The summed E-state index contributed by atoms with van der Waals surface area (Å²) in [4.78, 5) is 0. The van der Waals surface area contributed by atoms with Crippen molar-refractivity contribution in [1.29, 1.82) is 0 Å². The smallest absolute Gasteiger partial charge is 0.126 e. The van der Waals surface area contributed by atoms with E-state index in [0.717, 1.165) is 5.75 Å². The number of hydrogen-bond acceptors (Lipinski definition) is 4. The largest absolute Gasteiger partial charge is 0.494 e. The first-order valence-corrected chi connectivity index (χ1v) is 5.85. The van der Waals surface area contributed by atoms with E-state index in [1.54, 1.807) is 6.07 Å². The van der Waals surface area contributed by atoms with Gasteiger partial charge in [-0.05, 0) is 39.0 Å². The zero-order chi connectivity index (χ0) is 12.6. The van der Waals surface area contributed by atoms with E-state index in [1.165, 1.54) is 0 Å². The summed E-state index contributed by atoms with van der Waals surface area (Å²) in [5, 5.41) is 10.2. The summed E-state index contributed by atoms with van der Waals surface area (Å²) < 4.78 is 11.2. The number of fused-ring (bicyclic) bond motifs is 1. The third kappa shape index (κ3) is 2.10. The highest BCUT2D eigenvalue weighted by Crippen LogP contribution is 2.40. The molecule has 94 valence electrons. The van der Waals surface area contributed by atoms with E-state index in [-0.39, 0.29) is 0 Å². The molecule has 0 saturated carbocycles. The molecule has 0 spiro atoms. The Morgan fingerprint density at radius 2 is 2.18 bits per heavy atom. The summed E-state index contributed by atoms with van der Waals surface area (Å²) in [6.07, 6.45) is -0.728. The van der Waals surface area contributed by atoms with Gasteiger partial charge in [-0.3, -0.25) is 0 Å². The molecule has 1 aromatic carbocycles. The lowest BCUT2D eigenvalue weighted by atomic mass is 9.87. The van der Waals surface area contributed by atoms with E-state index in [4.69, 9.17) is 15.2 Å². The normalized spacial score (nSPS) is 25.9. The third-order valence-corrected chi connectivity index (χ3v) is 3.13. The molecule has 17 heavy (non-hydrogen) atoms. The average molecular weight is 237 g/mol. The number of aliphatic hydroxyl groups excluding tert-OH is 1. The Labute approximate surface area is 101 Å². The van der Waals surface area contributed by atoms with Gasteiger partial charge >= 0.3 is 0 Å². The molecule has 0 aromatic heterocycles. The molecule has 1 aromatic rings. The summed E-state index contributed by atoms with van der Waals surface area (Å²) in [6.45, 7) is 6.26. The van der Waals surface area contributed by atoms with Crippen molar-refractivity contribution >= 4 is 0 Å². The molecule has 2 rings (SSSR count). The van der Waals surface area contributed by atoms with Crippen LogP contribution < -0.4 is 15.2 Å². The van der Waals surface area contributed by atoms with Gasteiger partial charge in [0.2, 0.25) is 0 Å². The first-order valence-electron chi connectivity index (χ1n) is 5.85. The van der Waals surface area contributed by atoms with E-state index in [9.17, 15) is 5.11 Å². The second-order valence-corrected chi connectivity index (χ2v) is 4.81. The van der Waals surface area contributed by atoms with Gasteiger partial charge in [-0.2, -0.15) is 0 Å². The Morgan fingerprint density at radius 3 is 2.82 bits per heavy atom. The van der Waals surface area contributed by atoms with Crippen molar-refractivity contribution in [3.8, 4) is 11.5 Å². The fraction of sp³-hybridized carbons (Fsp3) is 0.538. The van der Waals surface area contributed by atoms with Crippen molar-refractivity contribution in [3.05, 3.63) is 23.8 Å². The topological polar surface area (TPSA) is 64.7 Å². The molecule has 2 unspecified atom stereocenters. The summed E-state index contributed by atoms with van der Waals surface area (Å²) >= 11 is 0. The molecule has 0 radical (unpaired) electrons. The highest BCUT2D eigenvalue weighted by atomic mass is 16.5. The molecule has 0 aliphatic carbocycles. The molecular weight excluding hydrogens is 218 g/mol. The average Bonchev–Trinajstić information content (AvgIpc) is 2.27. The van der Waals surface area contributed by atoms with Crippen LogP contribution in [-0.4, -0.2) is 23.4 Å². The Hall–Kier alpha value is -1.26. The van der Waals surface area contributed by atoms with Gasteiger partial charge in [-0.15, -0.1) is 0 Å². The fourth-order valence-corrected chi connectivity index (χ4v) is 2.03. The van der Waals surface area contributed by atoms with E-state index >= 15 is 0 Å². The molecule has 0 amide bonds. The minimum Gasteiger partial charge on any atom is -0.494 e. The SMILES string of the molecule is CCOc1ccc2c(c1)C(O)C(N)C(C)(C)O2. The molecule has 4 nitrogen and oxygen atoms in total. The molecule has 0 fully saturated rings. The van der Waals surface area contributed by atoms with Crippen LogP contribution in [0.1, 0.15) is 32.4 Å². The lowest BCUT2D eigenvalue weighted by molar-refractivity contribution is -0.0119. The quantitative estimate of drug-likeness (QED) is 0.820. The van der Waals surface area contributed by atoms with E-state index in [2.05, 4.69) is 0 Å². The number of hydrogen-bond donors (Lipinski definition) is 2. The van der Waals surface area contributed by atoms with Crippen LogP contribution in [-0.2, 0) is 0 Å². The maximum atomic E-state index is 10.2. The first kappa shape index (κ1) is 12.2. The second-order valence-electron chi connectivity index (χ2n) is 4.81. The molecule has 2 atom stereocenters. The second kappa shape index (κ2) is 4.20. The van der Waals surface area contributed by atoms with Gasteiger partial charge in [0.1, 0.15) is 23.2 Å². The molecular formula is C13H19NO3. The van der Waals surface area contributed by atoms with Crippen LogP contribution in [0.25, 0.3) is 0 Å². The van der Waals surface area contributed by atoms with Crippen molar-refractivity contribution in [2.24, 2.45) is 5.73 Å². The predicted molar refractivity (Wildman–Crippen MR) is 65.3 cm³/mol. The standard InChI is InChI=1S/C13H19NO3/c1-4-16-8-5-6-10-9(7-8)11(15)12(14)13(2,3)17-10/h5-7,11-12,15H,4,14H2,1-3H3. The van der Waals surface area contributed by atoms with Crippen molar-refractivity contribution in [2.45, 2.75) is 38.5 Å². The number of rotatable bonds is 2.